The average molecular weight is 504 g/mol. The summed E-state index contributed by atoms with van der Waals surface area (Å²) in [5, 5.41) is 20.0. The van der Waals surface area contributed by atoms with E-state index in [4.69, 9.17) is 10.8 Å². The molecule has 0 unspecified atom stereocenters. The number of hydrogen-bond donors (Lipinski definition) is 3. The molecular weight excluding hydrogens is 469 g/mol. The number of nitrogens with zero attached hydrogens (tertiary/aromatic N) is 2. The highest BCUT2D eigenvalue weighted by molar-refractivity contribution is 5.81. The van der Waals surface area contributed by atoms with E-state index in [9.17, 15) is 14.3 Å². The summed E-state index contributed by atoms with van der Waals surface area (Å²) in [5.41, 5.74) is 8.89. The molecule has 1 fully saturated rings. The molecule has 1 aromatic heterocycles. The van der Waals surface area contributed by atoms with Gasteiger partial charge in [-0.05, 0) is 67.8 Å². The van der Waals surface area contributed by atoms with Crippen molar-refractivity contribution in [1.82, 2.24) is 9.88 Å². The number of aromatic nitrogens is 1. The van der Waals surface area contributed by atoms with E-state index >= 15 is 0 Å². The SMILES string of the molecule is CN1CCC(O)(c2ccccc2)CC1.Nc1ccc(C=O)cc1.OCCc1cccc2cc(F)cnc12. The summed E-state index contributed by atoms with van der Waals surface area (Å²) in [6, 6.07) is 23.8. The number of fused-ring (bicyclic) bond motifs is 1. The molecule has 0 bridgehead atoms. The first-order valence-corrected chi connectivity index (χ1v) is 12.3. The molecule has 0 saturated carbocycles. The van der Waals surface area contributed by atoms with Gasteiger partial charge in [0.15, 0.2) is 0 Å². The number of nitrogen functional groups attached to an aromatic ring is 1. The first-order chi connectivity index (χ1) is 17.8. The van der Waals surface area contributed by atoms with Gasteiger partial charge in [-0.15, -0.1) is 0 Å². The van der Waals surface area contributed by atoms with Crippen LogP contribution in [0.3, 0.4) is 0 Å². The number of aliphatic hydroxyl groups excluding tert-OH is 1. The maximum atomic E-state index is 12.8. The maximum absolute atomic E-state index is 12.8. The number of rotatable bonds is 4. The molecule has 2 heterocycles. The van der Waals surface area contributed by atoms with E-state index in [1.165, 1.54) is 12.3 Å². The van der Waals surface area contributed by atoms with Crippen molar-refractivity contribution < 1.29 is 19.4 Å². The molecule has 6 nitrogen and oxygen atoms in total. The molecule has 0 amide bonds. The van der Waals surface area contributed by atoms with Crippen LogP contribution in [-0.4, -0.2) is 53.1 Å². The minimum atomic E-state index is -0.590. The number of carbonyl (C=O) groups excluding carboxylic acids is 1. The molecule has 0 radical (unpaired) electrons. The van der Waals surface area contributed by atoms with Crippen LogP contribution in [-0.2, 0) is 12.0 Å². The Hall–Kier alpha value is -3.65. The summed E-state index contributed by atoms with van der Waals surface area (Å²) >= 11 is 0. The van der Waals surface area contributed by atoms with Crippen molar-refractivity contribution in [3.63, 3.8) is 0 Å². The molecule has 5 rings (SSSR count). The number of carbonyl (C=O) groups is 1. The van der Waals surface area contributed by atoms with E-state index in [1.54, 1.807) is 24.3 Å². The van der Waals surface area contributed by atoms with Crippen molar-refractivity contribution in [3.8, 4) is 0 Å². The van der Waals surface area contributed by atoms with Gasteiger partial charge in [0, 0.05) is 36.3 Å². The average Bonchev–Trinajstić information content (AvgIpc) is 2.92. The lowest BCUT2D eigenvalue weighted by atomic mass is 9.85. The molecular formula is C30H34FN3O3. The zero-order chi connectivity index (χ0) is 26.7. The normalized spacial score (nSPS) is 14.6. The van der Waals surface area contributed by atoms with Gasteiger partial charge < -0.3 is 20.8 Å². The van der Waals surface area contributed by atoms with Crippen LogP contribution in [0.15, 0.2) is 85.1 Å². The number of nitrogens with two attached hydrogens (primary N) is 1. The van der Waals surface area contributed by atoms with Crippen molar-refractivity contribution in [2.24, 2.45) is 0 Å². The Labute approximate surface area is 217 Å². The third-order valence-electron chi connectivity index (χ3n) is 6.34. The van der Waals surface area contributed by atoms with E-state index < -0.39 is 5.60 Å². The van der Waals surface area contributed by atoms with Gasteiger partial charge in [-0.2, -0.15) is 0 Å². The van der Waals surface area contributed by atoms with Crippen LogP contribution in [0.4, 0.5) is 10.1 Å². The van der Waals surface area contributed by atoms with Crippen molar-refractivity contribution in [3.05, 3.63) is 108 Å². The molecule has 194 valence electrons. The van der Waals surface area contributed by atoms with E-state index in [2.05, 4.69) is 16.9 Å². The van der Waals surface area contributed by atoms with Gasteiger partial charge in [-0.1, -0.05) is 48.5 Å². The third kappa shape index (κ3) is 8.18. The smallest absolute Gasteiger partial charge is 0.150 e. The lowest BCUT2D eigenvalue weighted by molar-refractivity contribution is -0.0203. The lowest BCUT2D eigenvalue weighted by Gasteiger charge is -2.36. The Morgan fingerprint density at radius 3 is 2.32 bits per heavy atom. The van der Waals surface area contributed by atoms with E-state index in [1.807, 2.05) is 48.5 Å². The van der Waals surface area contributed by atoms with E-state index in [0.29, 0.717) is 17.7 Å². The summed E-state index contributed by atoms with van der Waals surface area (Å²) in [6.45, 7) is 2.04. The number of pyridine rings is 1. The van der Waals surface area contributed by atoms with Gasteiger partial charge in [0.05, 0.1) is 17.3 Å². The van der Waals surface area contributed by atoms with Crippen molar-refractivity contribution in [2.45, 2.75) is 24.9 Å². The Kier molecular flexibility index (Phi) is 10.3. The zero-order valence-electron chi connectivity index (χ0n) is 21.1. The maximum Gasteiger partial charge on any atom is 0.150 e. The monoisotopic (exact) mass is 503 g/mol. The summed E-state index contributed by atoms with van der Waals surface area (Å²) in [6.07, 6.45) is 4.22. The molecule has 0 spiro atoms. The highest BCUT2D eigenvalue weighted by atomic mass is 19.1. The Morgan fingerprint density at radius 2 is 1.70 bits per heavy atom. The number of piperidine rings is 1. The second-order valence-corrected chi connectivity index (χ2v) is 9.10. The molecule has 37 heavy (non-hydrogen) atoms. The van der Waals surface area contributed by atoms with Crippen LogP contribution in [0, 0.1) is 5.82 Å². The minimum absolute atomic E-state index is 0.0815. The molecule has 3 aromatic carbocycles. The van der Waals surface area contributed by atoms with Gasteiger partial charge in [0.25, 0.3) is 0 Å². The number of likely N-dealkylation sites (tertiary alicyclic amines) is 1. The number of aldehydes is 1. The van der Waals surface area contributed by atoms with E-state index in [0.717, 1.165) is 54.2 Å². The van der Waals surface area contributed by atoms with Crippen molar-refractivity contribution in [1.29, 1.82) is 0 Å². The second kappa shape index (κ2) is 13.6. The summed E-state index contributed by atoms with van der Waals surface area (Å²) in [7, 11) is 2.10. The van der Waals surface area contributed by atoms with Crippen LogP contribution < -0.4 is 5.73 Å². The van der Waals surface area contributed by atoms with Crippen LogP contribution in [0.25, 0.3) is 10.9 Å². The standard InChI is InChI=1S/C12H17NO.C11H10FNO.C7H7NO/c1-13-9-7-12(14,8-10-13)11-5-3-2-4-6-11;12-10-6-9-3-1-2-8(4-5-14)11(9)13-7-10;8-7-3-1-6(5-9)2-4-7/h2-6,14H,7-10H2,1H3;1-3,6-7,14H,4-5H2;1-5H,8H2. The molecule has 0 aliphatic carbocycles. The molecule has 0 atom stereocenters. The Bertz CT molecular complexity index is 1260. The number of aliphatic hydroxyl groups is 2. The second-order valence-electron chi connectivity index (χ2n) is 9.10. The lowest BCUT2D eigenvalue weighted by Crippen LogP contribution is -2.40. The van der Waals surface area contributed by atoms with Crippen molar-refractivity contribution >= 4 is 22.9 Å². The van der Waals surface area contributed by atoms with Gasteiger partial charge in [0.2, 0.25) is 0 Å². The van der Waals surface area contributed by atoms with Crippen LogP contribution in [0.5, 0.6) is 0 Å². The summed E-state index contributed by atoms with van der Waals surface area (Å²) in [4.78, 5) is 16.4. The van der Waals surface area contributed by atoms with Gasteiger partial charge in [-0.3, -0.25) is 9.78 Å². The fraction of sp³-hybridized carbons (Fsp3) is 0.267. The first-order valence-electron chi connectivity index (χ1n) is 12.3. The number of para-hydroxylation sites is 1. The molecule has 4 N–H and O–H groups in total. The predicted octanol–water partition coefficient (Wildman–Crippen LogP) is 4.59. The minimum Gasteiger partial charge on any atom is -0.399 e. The largest absolute Gasteiger partial charge is 0.399 e. The first kappa shape index (κ1) is 27.9. The summed E-state index contributed by atoms with van der Waals surface area (Å²) < 4.78 is 12.8. The van der Waals surface area contributed by atoms with E-state index in [-0.39, 0.29) is 12.4 Å². The molecule has 1 saturated heterocycles. The molecule has 4 aromatic rings. The van der Waals surface area contributed by atoms with Gasteiger partial charge in [0.1, 0.15) is 12.1 Å². The van der Waals surface area contributed by atoms with Crippen LogP contribution in [0.1, 0.15) is 34.3 Å². The van der Waals surface area contributed by atoms with Gasteiger partial charge >= 0.3 is 0 Å². The highest BCUT2D eigenvalue weighted by Crippen LogP contribution is 2.31. The van der Waals surface area contributed by atoms with Crippen molar-refractivity contribution in [2.75, 3.05) is 32.5 Å². The zero-order valence-corrected chi connectivity index (χ0v) is 21.1. The fourth-order valence-corrected chi connectivity index (χ4v) is 4.12. The van der Waals surface area contributed by atoms with Gasteiger partial charge in [-0.25, -0.2) is 4.39 Å². The third-order valence-corrected chi connectivity index (χ3v) is 6.34. The number of halogens is 1. The fourth-order valence-electron chi connectivity index (χ4n) is 4.12. The van der Waals surface area contributed by atoms with Crippen LogP contribution in [0.2, 0.25) is 0 Å². The predicted molar refractivity (Wildman–Crippen MR) is 146 cm³/mol. The molecule has 7 heteroatoms. The number of anilines is 1. The molecule has 1 aliphatic heterocycles. The Balaban J connectivity index is 0.000000159. The number of hydrogen-bond acceptors (Lipinski definition) is 6. The topological polar surface area (TPSA) is 99.7 Å². The van der Waals surface area contributed by atoms with Crippen LogP contribution >= 0.6 is 0 Å². The summed E-state index contributed by atoms with van der Waals surface area (Å²) in [5.74, 6) is -0.335. The Morgan fingerprint density at radius 1 is 1.03 bits per heavy atom. The quantitative estimate of drug-likeness (QED) is 0.278. The number of benzene rings is 3. The molecule has 1 aliphatic rings. The highest BCUT2D eigenvalue weighted by Gasteiger charge is 2.32.